The summed E-state index contributed by atoms with van der Waals surface area (Å²) in [5, 5.41) is 4.59. The Morgan fingerprint density at radius 1 is 0.720 bits per heavy atom. The van der Waals surface area contributed by atoms with Gasteiger partial charge in [0.2, 0.25) is 0 Å². The van der Waals surface area contributed by atoms with Crippen molar-refractivity contribution in [3.63, 3.8) is 0 Å². The van der Waals surface area contributed by atoms with Crippen LogP contribution in [0, 0.1) is 0 Å². The van der Waals surface area contributed by atoms with E-state index in [1.807, 2.05) is 30.3 Å². The smallest absolute Gasteiger partial charge is 0.259 e. The van der Waals surface area contributed by atoms with Crippen molar-refractivity contribution < 1.29 is 9.59 Å². The zero-order chi connectivity index (χ0) is 17.1. The average molecular weight is 391 g/mol. The van der Waals surface area contributed by atoms with Crippen LogP contribution in [0.4, 0.5) is 0 Å². The average Bonchev–Trinajstić information content (AvgIpc) is 3.12. The van der Waals surface area contributed by atoms with E-state index < -0.39 is 0 Å². The monoisotopic (exact) mass is 390 g/mol. The van der Waals surface area contributed by atoms with Crippen molar-refractivity contribution in [3.05, 3.63) is 70.2 Å². The molecule has 4 aromatic rings. The number of H-pyrrole nitrogens is 1. The van der Waals surface area contributed by atoms with Gasteiger partial charge in [0, 0.05) is 26.3 Å². The number of halogens is 1. The number of aromatic nitrogens is 1. The van der Waals surface area contributed by atoms with Crippen molar-refractivity contribution in [1.29, 1.82) is 0 Å². The van der Waals surface area contributed by atoms with Crippen LogP contribution in [0.15, 0.2) is 59.1 Å². The molecule has 0 fully saturated rings. The largest absolute Gasteiger partial charge is 0.354 e. The van der Waals surface area contributed by atoms with E-state index >= 15 is 0 Å². The Hall–Kier alpha value is -2.92. The third-order valence-electron chi connectivity index (χ3n) is 4.66. The van der Waals surface area contributed by atoms with Crippen LogP contribution in [0.25, 0.3) is 32.9 Å². The molecule has 3 aromatic carbocycles. The van der Waals surface area contributed by atoms with Gasteiger partial charge >= 0.3 is 0 Å². The molecule has 5 heteroatoms. The van der Waals surface area contributed by atoms with E-state index in [9.17, 15) is 9.59 Å². The van der Waals surface area contributed by atoms with E-state index in [4.69, 9.17) is 0 Å². The lowest BCUT2D eigenvalue weighted by atomic mass is 9.95. The first-order valence-corrected chi connectivity index (χ1v) is 8.62. The molecule has 2 amide bonds. The summed E-state index contributed by atoms with van der Waals surface area (Å²) in [7, 11) is 0. The minimum absolute atomic E-state index is 0.346. The number of fused-ring (bicyclic) bond motifs is 4. The first-order chi connectivity index (χ1) is 12.1. The molecule has 0 radical (unpaired) electrons. The number of imide groups is 1. The van der Waals surface area contributed by atoms with Crippen molar-refractivity contribution in [2.24, 2.45) is 0 Å². The fourth-order valence-corrected chi connectivity index (χ4v) is 4.13. The minimum Gasteiger partial charge on any atom is -0.354 e. The molecule has 1 aromatic heterocycles. The molecule has 25 heavy (non-hydrogen) atoms. The van der Waals surface area contributed by atoms with E-state index in [0.717, 1.165) is 37.4 Å². The first-order valence-electron chi connectivity index (χ1n) is 7.83. The summed E-state index contributed by atoms with van der Waals surface area (Å²) in [4.78, 5) is 27.8. The highest BCUT2D eigenvalue weighted by atomic mass is 79.9. The molecule has 2 heterocycles. The highest BCUT2D eigenvalue weighted by molar-refractivity contribution is 9.10. The third kappa shape index (κ3) is 1.93. The van der Waals surface area contributed by atoms with Crippen LogP contribution in [0.2, 0.25) is 0 Å². The van der Waals surface area contributed by atoms with Gasteiger partial charge in [0.1, 0.15) is 0 Å². The molecule has 2 N–H and O–H groups in total. The second-order valence-corrected chi connectivity index (χ2v) is 6.88. The molecular formula is C20H11BrN2O2. The fourth-order valence-electron chi connectivity index (χ4n) is 3.58. The van der Waals surface area contributed by atoms with Crippen molar-refractivity contribution in [2.45, 2.75) is 0 Å². The van der Waals surface area contributed by atoms with Crippen molar-refractivity contribution in [1.82, 2.24) is 10.3 Å². The van der Waals surface area contributed by atoms with E-state index in [0.29, 0.717) is 11.1 Å². The van der Waals surface area contributed by atoms with Gasteiger partial charge in [-0.05, 0) is 23.8 Å². The summed E-state index contributed by atoms with van der Waals surface area (Å²) in [6.07, 6.45) is 0. The van der Waals surface area contributed by atoms with Gasteiger partial charge in [-0.2, -0.15) is 0 Å². The maximum absolute atomic E-state index is 12.3. The van der Waals surface area contributed by atoms with Crippen molar-refractivity contribution in [3.8, 4) is 11.1 Å². The summed E-state index contributed by atoms with van der Waals surface area (Å²) in [6.45, 7) is 0. The summed E-state index contributed by atoms with van der Waals surface area (Å²) in [6, 6.07) is 17.5. The molecule has 5 rings (SSSR count). The highest BCUT2D eigenvalue weighted by Crippen LogP contribution is 2.40. The normalized spacial score (nSPS) is 13.5. The van der Waals surface area contributed by atoms with Gasteiger partial charge in [-0.1, -0.05) is 52.3 Å². The van der Waals surface area contributed by atoms with Gasteiger partial charge < -0.3 is 4.98 Å². The summed E-state index contributed by atoms with van der Waals surface area (Å²) in [5.74, 6) is -0.697. The Bertz CT molecular complexity index is 1220. The van der Waals surface area contributed by atoms with Crippen LogP contribution in [0.1, 0.15) is 20.7 Å². The number of hydrogen-bond acceptors (Lipinski definition) is 2. The lowest BCUT2D eigenvalue weighted by molar-refractivity contribution is 0.0880. The molecule has 0 aliphatic carbocycles. The molecule has 1 aliphatic rings. The van der Waals surface area contributed by atoms with E-state index in [-0.39, 0.29) is 11.8 Å². The zero-order valence-corrected chi connectivity index (χ0v) is 14.5. The summed E-state index contributed by atoms with van der Waals surface area (Å²) < 4.78 is 0.868. The number of nitrogens with one attached hydrogen (secondary N) is 2. The summed E-state index contributed by atoms with van der Waals surface area (Å²) in [5.41, 5.74) is 4.45. The third-order valence-corrected chi connectivity index (χ3v) is 5.32. The SMILES string of the molecule is O=C1NC(=O)c2c1cccc2-c1c(Br)ccc2c1[nH]c1ccccc12. The van der Waals surface area contributed by atoms with Gasteiger partial charge in [0.15, 0.2) is 0 Å². The first kappa shape index (κ1) is 14.4. The van der Waals surface area contributed by atoms with Crippen LogP contribution in [0.3, 0.4) is 0 Å². The lowest BCUT2D eigenvalue weighted by Crippen LogP contribution is -2.20. The second-order valence-electron chi connectivity index (χ2n) is 6.03. The zero-order valence-electron chi connectivity index (χ0n) is 12.9. The van der Waals surface area contributed by atoms with Crippen LogP contribution < -0.4 is 5.32 Å². The molecular weight excluding hydrogens is 380 g/mol. The molecule has 1 aliphatic heterocycles. The van der Waals surface area contributed by atoms with Gasteiger partial charge in [-0.15, -0.1) is 0 Å². The minimum atomic E-state index is -0.351. The molecule has 4 nitrogen and oxygen atoms in total. The van der Waals surface area contributed by atoms with Crippen LogP contribution in [-0.4, -0.2) is 16.8 Å². The maximum atomic E-state index is 12.3. The van der Waals surface area contributed by atoms with E-state index in [1.54, 1.807) is 12.1 Å². The molecule has 0 bridgehead atoms. The number of carbonyl (C=O) groups excluding carboxylic acids is 2. The standard InChI is InChI=1S/C20H11BrN2O2/c21-14-9-8-11-10-4-1-2-7-15(10)22-18(11)17(14)12-5-3-6-13-16(12)20(25)23-19(13)24/h1-9,22H,(H,23,24,25). The molecule has 0 saturated heterocycles. The highest BCUT2D eigenvalue weighted by Gasteiger charge is 2.30. The molecule has 0 unspecified atom stereocenters. The molecule has 0 spiro atoms. The Morgan fingerprint density at radius 3 is 2.40 bits per heavy atom. The Balaban J connectivity index is 1.93. The number of amides is 2. The number of benzene rings is 3. The van der Waals surface area contributed by atoms with Gasteiger partial charge in [-0.25, -0.2) is 0 Å². The predicted octanol–water partition coefficient (Wildman–Crippen LogP) is 4.63. The number of aromatic amines is 1. The lowest BCUT2D eigenvalue weighted by Gasteiger charge is -2.10. The molecule has 0 saturated carbocycles. The van der Waals surface area contributed by atoms with Crippen LogP contribution >= 0.6 is 15.9 Å². The van der Waals surface area contributed by atoms with Gasteiger partial charge in [0.25, 0.3) is 11.8 Å². The van der Waals surface area contributed by atoms with Crippen LogP contribution in [-0.2, 0) is 0 Å². The van der Waals surface area contributed by atoms with Gasteiger partial charge in [-0.3, -0.25) is 14.9 Å². The number of carbonyl (C=O) groups is 2. The number of hydrogen-bond donors (Lipinski definition) is 2. The molecule has 120 valence electrons. The van der Waals surface area contributed by atoms with Crippen LogP contribution in [0.5, 0.6) is 0 Å². The molecule has 0 atom stereocenters. The Labute approximate surface area is 151 Å². The number of para-hydroxylation sites is 1. The van der Waals surface area contributed by atoms with Crippen molar-refractivity contribution >= 4 is 49.6 Å². The quantitative estimate of drug-likeness (QED) is 0.465. The van der Waals surface area contributed by atoms with Gasteiger partial charge in [0.05, 0.1) is 16.6 Å². The number of rotatable bonds is 1. The predicted molar refractivity (Wildman–Crippen MR) is 101 cm³/mol. The van der Waals surface area contributed by atoms with E-state index in [2.05, 4.69) is 38.4 Å². The second kappa shape index (κ2) is 5.04. The van der Waals surface area contributed by atoms with Crippen molar-refractivity contribution in [2.75, 3.05) is 0 Å². The Morgan fingerprint density at radius 2 is 1.52 bits per heavy atom. The summed E-state index contributed by atoms with van der Waals surface area (Å²) >= 11 is 3.62. The fraction of sp³-hybridized carbons (Fsp3) is 0. The topological polar surface area (TPSA) is 62.0 Å². The Kier molecular flexibility index (Phi) is 2.91. The van der Waals surface area contributed by atoms with E-state index in [1.165, 1.54) is 0 Å². The maximum Gasteiger partial charge on any atom is 0.259 e.